The van der Waals surface area contributed by atoms with E-state index >= 15 is 0 Å². The molecule has 0 unspecified atom stereocenters. The lowest BCUT2D eigenvalue weighted by atomic mass is 10.1. The molecule has 6 heteroatoms. The van der Waals surface area contributed by atoms with Crippen molar-refractivity contribution in [3.63, 3.8) is 0 Å². The van der Waals surface area contributed by atoms with E-state index in [4.69, 9.17) is 9.84 Å². The molecular weight excluding hydrogens is 332 g/mol. The standard InChI is InChI=1S/C20H24N2O4/c1-26-16-9-7-8-15(14-16)22-18-11-5-4-10-17(18)20(25)21-13-6-2-3-12-19(23)24/h4-5,7-11,14,22H,2-3,6,12-13H2,1H3,(H,21,25)(H,23,24). The zero-order valence-electron chi connectivity index (χ0n) is 14.8. The minimum absolute atomic E-state index is 0.158. The summed E-state index contributed by atoms with van der Waals surface area (Å²) in [4.78, 5) is 22.9. The van der Waals surface area contributed by atoms with Crippen LogP contribution in [-0.4, -0.2) is 30.6 Å². The molecule has 0 heterocycles. The molecule has 0 fully saturated rings. The number of unbranched alkanes of at least 4 members (excludes halogenated alkanes) is 2. The maximum absolute atomic E-state index is 12.4. The second-order valence-electron chi connectivity index (χ2n) is 5.86. The summed E-state index contributed by atoms with van der Waals surface area (Å²) in [5.41, 5.74) is 2.10. The lowest BCUT2D eigenvalue weighted by Crippen LogP contribution is -2.25. The summed E-state index contributed by atoms with van der Waals surface area (Å²) in [6.07, 6.45) is 2.32. The Morgan fingerprint density at radius 2 is 1.85 bits per heavy atom. The highest BCUT2D eigenvalue weighted by molar-refractivity contribution is 6.00. The summed E-state index contributed by atoms with van der Waals surface area (Å²) in [6, 6.07) is 14.8. The first kappa shape index (κ1) is 19.3. The zero-order chi connectivity index (χ0) is 18.8. The smallest absolute Gasteiger partial charge is 0.303 e. The van der Waals surface area contributed by atoms with Crippen molar-refractivity contribution in [3.8, 4) is 5.75 Å². The number of para-hydroxylation sites is 1. The van der Waals surface area contributed by atoms with Crippen LogP contribution >= 0.6 is 0 Å². The van der Waals surface area contributed by atoms with Crippen molar-refractivity contribution >= 4 is 23.3 Å². The summed E-state index contributed by atoms with van der Waals surface area (Å²) >= 11 is 0. The topological polar surface area (TPSA) is 87.7 Å². The number of hydrogen-bond acceptors (Lipinski definition) is 4. The Bertz CT molecular complexity index is 746. The van der Waals surface area contributed by atoms with Crippen molar-refractivity contribution in [2.45, 2.75) is 25.7 Å². The van der Waals surface area contributed by atoms with Crippen molar-refractivity contribution < 1.29 is 19.4 Å². The molecule has 1 amide bonds. The first-order chi connectivity index (χ1) is 12.6. The largest absolute Gasteiger partial charge is 0.497 e. The molecule has 0 saturated heterocycles. The number of carbonyl (C=O) groups excluding carboxylic acids is 1. The van der Waals surface area contributed by atoms with E-state index in [1.165, 1.54) is 0 Å². The van der Waals surface area contributed by atoms with Crippen molar-refractivity contribution in [3.05, 3.63) is 54.1 Å². The van der Waals surface area contributed by atoms with Crippen LogP contribution in [-0.2, 0) is 4.79 Å². The molecule has 0 aromatic heterocycles. The van der Waals surface area contributed by atoms with Gasteiger partial charge in [-0.1, -0.05) is 24.6 Å². The van der Waals surface area contributed by atoms with Gasteiger partial charge in [0.15, 0.2) is 0 Å². The molecule has 0 atom stereocenters. The molecule has 0 spiro atoms. The summed E-state index contributed by atoms with van der Waals surface area (Å²) in [7, 11) is 1.61. The van der Waals surface area contributed by atoms with Gasteiger partial charge in [-0.3, -0.25) is 9.59 Å². The predicted molar refractivity (Wildman–Crippen MR) is 101 cm³/mol. The number of methoxy groups -OCH3 is 1. The zero-order valence-corrected chi connectivity index (χ0v) is 14.8. The van der Waals surface area contributed by atoms with Crippen LogP contribution in [0.1, 0.15) is 36.0 Å². The monoisotopic (exact) mass is 356 g/mol. The molecular formula is C20H24N2O4. The van der Waals surface area contributed by atoms with E-state index in [-0.39, 0.29) is 12.3 Å². The molecule has 0 aliphatic heterocycles. The third-order valence-corrected chi connectivity index (χ3v) is 3.87. The van der Waals surface area contributed by atoms with Crippen molar-refractivity contribution in [2.75, 3.05) is 19.0 Å². The first-order valence-corrected chi connectivity index (χ1v) is 8.60. The fourth-order valence-electron chi connectivity index (χ4n) is 2.52. The second kappa shape index (κ2) is 10.1. The van der Waals surface area contributed by atoms with Crippen LogP contribution in [0.2, 0.25) is 0 Å². The number of rotatable bonds is 10. The molecule has 0 saturated carbocycles. The van der Waals surface area contributed by atoms with E-state index in [1.807, 2.05) is 42.5 Å². The van der Waals surface area contributed by atoms with Gasteiger partial charge in [-0.05, 0) is 37.1 Å². The number of anilines is 2. The van der Waals surface area contributed by atoms with E-state index in [0.717, 1.165) is 24.3 Å². The van der Waals surface area contributed by atoms with Gasteiger partial charge in [0.2, 0.25) is 0 Å². The second-order valence-corrected chi connectivity index (χ2v) is 5.86. The fourth-order valence-corrected chi connectivity index (χ4v) is 2.52. The lowest BCUT2D eigenvalue weighted by molar-refractivity contribution is -0.137. The normalized spacial score (nSPS) is 10.2. The molecule has 6 nitrogen and oxygen atoms in total. The number of nitrogens with one attached hydrogen (secondary N) is 2. The van der Waals surface area contributed by atoms with Crippen LogP contribution in [0.15, 0.2) is 48.5 Å². The van der Waals surface area contributed by atoms with Crippen molar-refractivity contribution in [1.82, 2.24) is 5.32 Å². The van der Waals surface area contributed by atoms with Gasteiger partial charge in [0, 0.05) is 24.7 Å². The molecule has 0 radical (unpaired) electrons. The molecule has 2 aromatic rings. The van der Waals surface area contributed by atoms with Crippen molar-refractivity contribution in [2.24, 2.45) is 0 Å². The minimum atomic E-state index is -0.786. The molecule has 2 aromatic carbocycles. The number of carbonyl (C=O) groups is 2. The number of aliphatic carboxylic acids is 1. The van der Waals surface area contributed by atoms with E-state index in [9.17, 15) is 9.59 Å². The van der Waals surface area contributed by atoms with Crippen LogP contribution in [0.4, 0.5) is 11.4 Å². The van der Waals surface area contributed by atoms with Crippen LogP contribution in [0.3, 0.4) is 0 Å². The van der Waals surface area contributed by atoms with Gasteiger partial charge in [-0.2, -0.15) is 0 Å². The fraction of sp³-hybridized carbons (Fsp3) is 0.300. The molecule has 3 N–H and O–H groups in total. The summed E-state index contributed by atoms with van der Waals surface area (Å²) in [5.74, 6) is -0.209. The number of benzene rings is 2. The number of ether oxygens (including phenoxy) is 1. The Kier molecular flexibility index (Phi) is 7.49. The Morgan fingerprint density at radius 1 is 1.04 bits per heavy atom. The van der Waals surface area contributed by atoms with Gasteiger partial charge < -0.3 is 20.5 Å². The number of hydrogen-bond donors (Lipinski definition) is 3. The van der Waals surface area contributed by atoms with Crippen LogP contribution in [0.5, 0.6) is 5.75 Å². The van der Waals surface area contributed by atoms with Gasteiger partial charge in [0.1, 0.15) is 5.75 Å². The quantitative estimate of drug-likeness (QED) is 0.563. The van der Waals surface area contributed by atoms with Crippen molar-refractivity contribution in [1.29, 1.82) is 0 Å². The molecule has 0 aliphatic rings. The average Bonchev–Trinajstić information content (AvgIpc) is 2.64. The Hall–Kier alpha value is -3.02. The summed E-state index contributed by atoms with van der Waals surface area (Å²) in [5, 5.41) is 14.7. The first-order valence-electron chi connectivity index (χ1n) is 8.60. The van der Waals surface area contributed by atoms with E-state index in [1.54, 1.807) is 13.2 Å². The number of amides is 1. The highest BCUT2D eigenvalue weighted by atomic mass is 16.5. The SMILES string of the molecule is COc1cccc(Nc2ccccc2C(=O)NCCCCCC(=O)O)c1. The Morgan fingerprint density at radius 3 is 2.62 bits per heavy atom. The Labute approximate surface area is 153 Å². The van der Waals surface area contributed by atoms with E-state index in [2.05, 4.69) is 10.6 Å². The maximum Gasteiger partial charge on any atom is 0.303 e. The highest BCUT2D eigenvalue weighted by Crippen LogP contribution is 2.23. The van der Waals surface area contributed by atoms with Gasteiger partial charge in [0.05, 0.1) is 18.4 Å². The molecule has 138 valence electrons. The predicted octanol–water partition coefficient (Wildman–Crippen LogP) is 3.81. The van der Waals surface area contributed by atoms with Gasteiger partial charge in [-0.15, -0.1) is 0 Å². The molecule has 26 heavy (non-hydrogen) atoms. The maximum atomic E-state index is 12.4. The number of carboxylic acid groups (broad SMARTS) is 1. The van der Waals surface area contributed by atoms with Gasteiger partial charge >= 0.3 is 5.97 Å². The third kappa shape index (κ3) is 6.12. The molecule has 2 rings (SSSR count). The van der Waals surface area contributed by atoms with Crippen LogP contribution in [0, 0.1) is 0 Å². The summed E-state index contributed by atoms with van der Waals surface area (Å²) in [6.45, 7) is 0.520. The van der Waals surface area contributed by atoms with Gasteiger partial charge in [0.25, 0.3) is 5.91 Å². The van der Waals surface area contributed by atoms with Gasteiger partial charge in [-0.25, -0.2) is 0 Å². The van der Waals surface area contributed by atoms with Crippen LogP contribution < -0.4 is 15.4 Å². The van der Waals surface area contributed by atoms with Crippen LogP contribution in [0.25, 0.3) is 0 Å². The summed E-state index contributed by atoms with van der Waals surface area (Å²) < 4.78 is 5.21. The van der Waals surface area contributed by atoms with E-state index < -0.39 is 5.97 Å². The molecule has 0 bridgehead atoms. The average molecular weight is 356 g/mol. The Balaban J connectivity index is 1.92. The highest BCUT2D eigenvalue weighted by Gasteiger charge is 2.11. The minimum Gasteiger partial charge on any atom is -0.497 e. The molecule has 0 aliphatic carbocycles. The van der Waals surface area contributed by atoms with E-state index in [0.29, 0.717) is 24.2 Å². The third-order valence-electron chi connectivity index (χ3n) is 3.87. The lowest BCUT2D eigenvalue weighted by Gasteiger charge is -2.13. The number of carboxylic acids is 1.